The van der Waals surface area contributed by atoms with Gasteiger partial charge in [0.15, 0.2) is 5.65 Å². The maximum absolute atomic E-state index is 4.46. The number of nitrogens with one attached hydrogen (secondary N) is 2. The molecule has 2 N–H and O–H groups in total. The Hall–Kier alpha value is -1.62. The maximum Gasteiger partial charge on any atom is 0.243 e. The second-order valence-electron chi connectivity index (χ2n) is 4.44. The minimum atomic E-state index is 0.549. The van der Waals surface area contributed by atoms with Crippen LogP contribution in [0.3, 0.4) is 0 Å². The summed E-state index contributed by atoms with van der Waals surface area (Å²) in [5, 5.41) is 10.8. The summed E-state index contributed by atoms with van der Waals surface area (Å²) < 4.78 is 1.81. The van der Waals surface area contributed by atoms with E-state index in [-0.39, 0.29) is 0 Å². The van der Waals surface area contributed by atoms with E-state index < -0.39 is 0 Å². The van der Waals surface area contributed by atoms with Crippen LogP contribution in [0.15, 0.2) is 18.3 Å². The van der Waals surface area contributed by atoms with Crippen LogP contribution in [-0.2, 0) is 0 Å². The lowest BCUT2D eigenvalue weighted by atomic mass is 10.2. The quantitative estimate of drug-likeness (QED) is 0.817. The standard InChI is InChI=1S/C12H19N5/c1-9(7-13-3)8-14-12-15-11-10(2)5-4-6-17(11)16-12/h4-6,9,13H,7-8H2,1-3H3,(H,14,16). The zero-order valence-corrected chi connectivity index (χ0v) is 10.6. The SMILES string of the molecule is CNCC(C)CNc1nc2c(C)cccn2n1. The van der Waals surface area contributed by atoms with E-state index in [1.807, 2.05) is 32.3 Å². The van der Waals surface area contributed by atoms with Crippen LogP contribution < -0.4 is 10.6 Å². The first-order valence-electron chi connectivity index (χ1n) is 5.91. The van der Waals surface area contributed by atoms with E-state index in [1.54, 1.807) is 4.52 Å². The third-order valence-electron chi connectivity index (χ3n) is 2.72. The molecule has 0 aliphatic carbocycles. The molecule has 17 heavy (non-hydrogen) atoms. The van der Waals surface area contributed by atoms with Crippen molar-refractivity contribution in [3.05, 3.63) is 23.9 Å². The molecule has 0 amide bonds. The van der Waals surface area contributed by atoms with Gasteiger partial charge in [0.2, 0.25) is 5.95 Å². The van der Waals surface area contributed by atoms with Crippen LogP contribution in [0.4, 0.5) is 5.95 Å². The molecule has 0 saturated heterocycles. The Balaban J connectivity index is 2.07. The third-order valence-corrected chi connectivity index (χ3v) is 2.72. The van der Waals surface area contributed by atoms with Gasteiger partial charge in [-0.1, -0.05) is 13.0 Å². The van der Waals surface area contributed by atoms with Crippen molar-refractivity contribution in [1.29, 1.82) is 0 Å². The maximum atomic E-state index is 4.46. The Morgan fingerprint density at radius 2 is 2.24 bits per heavy atom. The molecular formula is C12H19N5. The molecule has 2 rings (SSSR count). The normalized spacial score (nSPS) is 12.9. The second kappa shape index (κ2) is 5.14. The number of hydrogen-bond acceptors (Lipinski definition) is 4. The van der Waals surface area contributed by atoms with Gasteiger partial charge < -0.3 is 10.6 Å². The van der Waals surface area contributed by atoms with Crippen molar-refractivity contribution in [2.75, 3.05) is 25.5 Å². The summed E-state index contributed by atoms with van der Waals surface area (Å²) >= 11 is 0. The summed E-state index contributed by atoms with van der Waals surface area (Å²) in [4.78, 5) is 4.46. The number of hydrogen-bond donors (Lipinski definition) is 2. The van der Waals surface area contributed by atoms with E-state index in [0.29, 0.717) is 11.9 Å². The molecule has 2 heterocycles. The first-order chi connectivity index (χ1) is 8.20. The number of pyridine rings is 1. The Morgan fingerprint density at radius 1 is 1.41 bits per heavy atom. The van der Waals surface area contributed by atoms with Gasteiger partial charge in [-0.25, -0.2) is 4.52 Å². The first-order valence-corrected chi connectivity index (χ1v) is 5.91. The number of aryl methyl sites for hydroxylation is 1. The Kier molecular flexibility index (Phi) is 3.58. The van der Waals surface area contributed by atoms with Crippen molar-refractivity contribution in [2.45, 2.75) is 13.8 Å². The smallest absolute Gasteiger partial charge is 0.243 e. The van der Waals surface area contributed by atoms with Crippen molar-refractivity contribution in [2.24, 2.45) is 5.92 Å². The van der Waals surface area contributed by atoms with Crippen LogP contribution in [0, 0.1) is 12.8 Å². The molecule has 0 radical (unpaired) electrons. The van der Waals surface area contributed by atoms with Crippen molar-refractivity contribution in [3.63, 3.8) is 0 Å². The topological polar surface area (TPSA) is 54.2 Å². The average Bonchev–Trinajstić information content (AvgIpc) is 2.71. The first kappa shape index (κ1) is 11.9. The molecule has 0 bridgehead atoms. The van der Waals surface area contributed by atoms with Gasteiger partial charge in [-0.2, -0.15) is 4.98 Å². The minimum absolute atomic E-state index is 0.549. The highest BCUT2D eigenvalue weighted by molar-refractivity contribution is 5.49. The molecule has 1 unspecified atom stereocenters. The molecule has 0 saturated carbocycles. The van der Waals surface area contributed by atoms with Gasteiger partial charge in [-0.05, 0) is 38.1 Å². The molecule has 92 valence electrons. The van der Waals surface area contributed by atoms with E-state index >= 15 is 0 Å². The molecule has 0 spiro atoms. The molecule has 1 atom stereocenters. The number of aromatic nitrogens is 3. The molecule has 5 nitrogen and oxygen atoms in total. The fraction of sp³-hybridized carbons (Fsp3) is 0.500. The van der Waals surface area contributed by atoms with Crippen molar-refractivity contribution < 1.29 is 0 Å². The number of nitrogens with zero attached hydrogens (tertiary/aromatic N) is 3. The highest BCUT2D eigenvalue weighted by Crippen LogP contribution is 2.09. The summed E-state index contributed by atoms with van der Waals surface area (Å²) in [6.45, 7) is 6.08. The number of anilines is 1. The molecule has 0 aliphatic rings. The fourth-order valence-corrected chi connectivity index (χ4v) is 1.80. The Labute approximate surface area is 101 Å². The van der Waals surface area contributed by atoms with E-state index in [1.165, 1.54) is 0 Å². The van der Waals surface area contributed by atoms with Crippen LogP contribution in [0.25, 0.3) is 5.65 Å². The lowest BCUT2D eigenvalue weighted by Crippen LogP contribution is -2.23. The zero-order chi connectivity index (χ0) is 12.3. The van der Waals surface area contributed by atoms with Crippen molar-refractivity contribution in [3.8, 4) is 0 Å². The van der Waals surface area contributed by atoms with Gasteiger partial charge in [0.1, 0.15) is 0 Å². The summed E-state index contributed by atoms with van der Waals surface area (Å²) in [6.07, 6.45) is 1.91. The predicted octanol–water partition coefficient (Wildman–Crippen LogP) is 1.31. The van der Waals surface area contributed by atoms with Crippen LogP contribution in [0.1, 0.15) is 12.5 Å². The van der Waals surface area contributed by atoms with Gasteiger partial charge in [0.25, 0.3) is 0 Å². The van der Waals surface area contributed by atoms with Crippen LogP contribution in [-0.4, -0.2) is 34.7 Å². The summed E-state index contributed by atoms with van der Waals surface area (Å²) in [5.41, 5.74) is 2.05. The van der Waals surface area contributed by atoms with Gasteiger partial charge in [-0.15, -0.1) is 5.10 Å². The van der Waals surface area contributed by atoms with Crippen molar-refractivity contribution in [1.82, 2.24) is 19.9 Å². The van der Waals surface area contributed by atoms with Crippen LogP contribution >= 0.6 is 0 Å². The summed E-state index contributed by atoms with van der Waals surface area (Å²) in [5.74, 6) is 1.25. The number of rotatable bonds is 5. The Bertz CT molecular complexity index is 491. The van der Waals surface area contributed by atoms with Crippen molar-refractivity contribution >= 4 is 11.6 Å². The lowest BCUT2D eigenvalue weighted by Gasteiger charge is -2.09. The average molecular weight is 233 g/mol. The van der Waals surface area contributed by atoms with Gasteiger partial charge >= 0.3 is 0 Å². The second-order valence-corrected chi connectivity index (χ2v) is 4.44. The van der Waals surface area contributed by atoms with Crippen LogP contribution in [0.2, 0.25) is 0 Å². The van der Waals surface area contributed by atoms with Gasteiger partial charge in [0, 0.05) is 12.7 Å². The largest absolute Gasteiger partial charge is 0.353 e. The molecule has 2 aromatic heterocycles. The zero-order valence-electron chi connectivity index (χ0n) is 10.6. The van der Waals surface area contributed by atoms with E-state index in [0.717, 1.165) is 24.3 Å². The Morgan fingerprint density at radius 3 is 2.94 bits per heavy atom. The molecular weight excluding hydrogens is 214 g/mol. The molecule has 0 aliphatic heterocycles. The molecule has 0 aromatic carbocycles. The van der Waals surface area contributed by atoms with Gasteiger partial charge in [0.05, 0.1) is 0 Å². The highest BCUT2D eigenvalue weighted by atomic mass is 15.3. The molecule has 2 aromatic rings. The lowest BCUT2D eigenvalue weighted by molar-refractivity contribution is 0.568. The van der Waals surface area contributed by atoms with E-state index in [9.17, 15) is 0 Å². The number of fused-ring (bicyclic) bond motifs is 1. The highest BCUT2D eigenvalue weighted by Gasteiger charge is 2.06. The van der Waals surface area contributed by atoms with Gasteiger partial charge in [-0.3, -0.25) is 0 Å². The summed E-state index contributed by atoms with van der Waals surface area (Å²) in [7, 11) is 1.96. The monoisotopic (exact) mass is 233 g/mol. The molecule has 5 heteroatoms. The minimum Gasteiger partial charge on any atom is -0.353 e. The fourth-order valence-electron chi connectivity index (χ4n) is 1.80. The van der Waals surface area contributed by atoms with Crippen LogP contribution in [0.5, 0.6) is 0 Å². The van der Waals surface area contributed by atoms with E-state index in [2.05, 4.69) is 27.6 Å². The molecule has 0 fully saturated rings. The third kappa shape index (κ3) is 2.74. The summed E-state index contributed by atoms with van der Waals surface area (Å²) in [6, 6.07) is 4.02. The predicted molar refractivity (Wildman–Crippen MR) is 69.3 cm³/mol. The van der Waals surface area contributed by atoms with E-state index in [4.69, 9.17) is 0 Å².